The van der Waals surface area contributed by atoms with Crippen molar-refractivity contribution in [3.8, 4) is 11.5 Å². The Kier molecular flexibility index (Phi) is 10.5. The van der Waals surface area contributed by atoms with Crippen molar-refractivity contribution in [1.29, 1.82) is 0 Å². The van der Waals surface area contributed by atoms with Crippen LogP contribution in [0.3, 0.4) is 0 Å². The Balaban J connectivity index is 1.88. The number of amides is 1. The Morgan fingerprint density at radius 3 is 2.65 bits per heavy atom. The second kappa shape index (κ2) is 12.8. The van der Waals surface area contributed by atoms with E-state index in [1.54, 1.807) is 12.1 Å². The summed E-state index contributed by atoms with van der Waals surface area (Å²) in [7, 11) is -2.93. The number of likely N-dealkylation sites (N-methyl/N-ethyl adjacent to an activating group) is 1. The zero-order chi connectivity index (χ0) is 25.3. The van der Waals surface area contributed by atoms with Crippen LogP contribution in [-0.2, 0) is 31.1 Å². The maximum Gasteiger partial charge on any atom is 0.333 e. The molecule has 1 saturated heterocycles. The van der Waals surface area contributed by atoms with Crippen LogP contribution >= 0.6 is 0 Å². The lowest BCUT2D eigenvalue weighted by molar-refractivity contribution is -0.195. The number of carbonyl (C=O) groups is 2. The molecule has 1 heterocycles. The van der Waals surface area contributed by atoms with Crippen molar-refractivity contribution >= 4 is 22.0 Å². The molecule has 14 heteroatoms. The van der Waals surface area contributed by atoms with Gasteiger partial charge in [0.1, 0.15) is 17.5 Å². The molecule has 1 aliphatic rings. The number of ether oxygens (including phenoxy) is 3. The second-order valence-electron chi connectivity index (χ2n) is 7.65. The van der Waals surface area contributed by atoms with Gasteiger partial charge in [-0.15, -0.1) is 0 Å². The largest absolute Gasteiger partial charge is 0.493 e. The lowest BCUT2D eigenvalue weighted by Gasteiger charge is -2.31. The number of aliphatic hydroxyl groups is 2. The third-order valence-electron chi connectivity index (χ3n) is 4.94. The maximum absolute atomic E-state index is 12.0. The minimum Gasteiger partial charge on any atom is -0.493 e. The first-order valence-electron chi connectivity index (χ1n) is 10.5. The molecule has 1 aromatic carbocycles. The molecular formula is C20H30N2O11S. The van der Waals surface area contributed by atoms with Crippen molar-refractivity contribution in [1.82, 2.24) is 10.6 Å². The first-order chi connectivity index (χ1) is 16.0. The van der Waals surface area contributed by atoms with Gasteiger partial charge >= 0.3 is 5.97 Å². The van der Waals surface area contributed by atoms with Gasteiger partial charge in [-0.25, -0.2) is 4.79 Å². The van der Waals surface area contributed by atoms with Crippen LogP contribution in [-0.4, -0.2) is 90.7 Å². The van der Waals surface area contributed by atoms with E-state index in [4.69, 9.17) is 23.9 Å². The van der Waals surface area contributed by atoms with Crippen LogP contribution in [0.5, 0.6) is 11.5 Å². The van der Waals surface area contributed by atoms with E-state index in [0.717, 1.165) is 0 Å². The van der Waals surface area contributed by atoms with Crippen LogP contribution in [0, 0.1) is 0 Å². The van der Waals surface area contributed by atoms with Gasteiger partial charge in [-0.05, 0) is 25.6 Å². The predicted octanol–water partition coefficient (Wildman–Crippen LogP) is -1.13. The number of hydrogen-bond donors (Lipinski definition) is 6. The number of carboxylic acids is 1. The molecule has 1 fully saturated rings. The Hall–Kier alpha value is -2.49. The highest BCUT2D eigenvalue weighted by Gasteiger charge is 2.34. The fraction of sp³-hybridized carbons (Fsp3) is 0.600. The average Bonchev–Trinajstić information content (AvgIpc) is 2.76. The first kappa shape index (κ1) is 27.8. The van der Waals surface area contributed by atoms with Gasteiger partial charge < -0.3 is 40.2 Å². The summed E-state index contributed by atoms with van der Waals surface area (Å²) in [6.45, 7) is -0.0118. The van der Waals surface area contributed by atoms with Crippen molar-refractivity contribution in [3.05, 3.63) is 23.8 Å². The smallest absolute Gasteiger partial charge is 0.333 e. The summed E-state index contributed by atoms with van der Waals surface area (Å²) >= 11 is 0. The number of benzene rings is 1. The van der Waals surface area contributed by atoms with Crippen LogP contribution in [0.15, 0.2) is 18.2 Å². The topological polar surface area (TPSA) is 201 Å². The Bertz CT molecular complexity index is 940. The first-order valence-corrected chi connectivity index (χ1v) is 12.1. The van der Waals surface area contributed by atoms with E-state index in [9.17, 15) is 28.2 Å². The molecule has 0 spiro atoms. The number of carboxylic acid groups (broad SMARTS) is 1. The van der Waals surface area contributed by atoms with Gasteiger partial charge in [-0.1, -0.05) is 0 Å². The Morgan fingerprint density at radius 2 is 2.03 bits per heavy atom. The number of carbonyl (C=O) groups excluding carboxylic acids is 1. The van der Waals surface area contributed by atoms with E-state index in [1.165, 1.54) is 13.1 Å². The second-order valence-corrected chi connectivity index (χ2v) is 9.14. The van der Waals surface area contributed by atoms with Crippen molar-refractivity contribution in [2.45, 2.75) is 50.4 Å². The van der Waals surface area contributed by atoms with Gasteiger partial charge in [0.05, 0.1) is 25.1 Å². The van der Waals surface area contributed by atoms with E-state index in [0.29, 0.717) is 17.7 Å². The normalized spacial score (nSPS) is 21.5. The quantitative estimate of drug-likeness (QED) is 0.139. The molecule has 4 unspecified atom stereocenters. The molecule has 192 valence electrons. The molecule has 0 radical (unpaired) electrons. The zero-order valence-electron chi connectivity index (χ0n) is 18.5. The summed E-state index contributed by atoms with van der Waals surface area (Å²) in [4.78, 5) is 23.2. The van der Waals surface area contributed by atoms with Crippen LogP contribution in [0.4, 0.5) is 0 Å². The molecule has 13 nitrogen and oxygen atoms in total. The highest BCUT2D eigenvalue weighted by molar-refractivity contribution is 7.85. The highest BCUT2D eigenvalue weighted by atomic mass is 32.2. The lowest BCUT2D eigenvalue weighted by atomic mass is 10.1. The number of aliphatic carboxylic acids is 1. The standard InChI is InChI=1S/C20H30N2O11S/c1-21-15(11-34(28,29)30)19(25)22-5-2-6-31-16-9-14(4-3-12(16)10-23)32-18-8-13(24)7-17(33-18)20(26)27/h3-4,9,13,15,17-18,21,23-24H,2,5-8,10-11H2,1H3,(H,22,25)(H,26,27)(H,28,29,30). The molecule has 0 bridgehead atoms. The molecule has 4 atom stereocenters. The molecule has 0 saturated carbocycles. The third kappa shape index (κ3) is 9.04. The van der Waals surface area contributed by atoms with Gasteiger partial charge in [-0.2, -0.15) is 8.42 Å². The number of rotatable bonds is 13. The maximum atomic E-state index is 12.0. The number of nitrogens with one attached hydrogen (secondary N) is 2. The minimum atomic E-state index is -4.32. The highest BCUT2D eigenvalue weighted by Crippen LogP contribution is 2.28. The summed E-state index contributed by atoms with van der Waals surface area (Å²) in [6, 6.07) is 3.50. The van der Waals surface area contributed by atoms with Gasteiger partial charge in [0.15, 0.2) is 6.10 Å². The predicted molar refractivity (Wildman–Crippen MR) is 117 cm³/mol. The molecular weight excluding hydrogens is 476 g/mol. The molecule has 0 aliphatic carbocycles. The number of hydrogen-bond acceptors (Lipinski definition) is 10. The van der Waals surface area contributed by atoms with E-state index in [-0.39, 0.29) is 38.3 Å². The van der Waals surface area contributed by atoms with E-state index in [2.05, 4.69) is 10.6 Å². The minimum absolute atomic E-state index is 0.0333. The Labute approximate surface area is 196 Å². The van der Waals surface area contributed by atoms with Crippen molar-refractivity contribution < 1.29 is 52.1 Å². The molecule has 6 N–H and O–H groups in total. The zero-order valence-corrected chi connectivity index (χ0v) is 19.4. The molecule has 1 aliphatic heterocycles. The van der Waals surface area contributed by atoms with Crippen LogP contribution in [0.1, 0.15) is 24.8 Å². The number of aliphatic hydroxyl groups excluding tert-OH is 2. The van der Waals surface area contributed by atoms with Crippen LogP contribution < -0.4 is 20.1 Å². The molecule has 1 amide bonds. The SMILES string of the molecule is CNC(CS(=O)(=O)O)C(=O)NCCCOc1cc(OC2CC(O)CC(C(=O)O)O2)ccc1CO. The molecule has 34 heavy (non-hydrogen) atoms. The van der Waals surface area contributed by atoms with Crippen LogP contribution in [0.2, 0.25) is 0 Å². The van der Waals surface area contributed by atoms with Crippen molar-refractivity contribution in [3.63, 3.8) is 0 Å². The monoisotopic (exact) mass is 506 g/mol. The van der Waals surface area contributed by atoms with Gasteiger partial charge in [0, 0.05) is 31.0 Å². The summed E-state index contributed by atoms with van der Waals surface area (Å²) in [6.07, 6.45) is -2.64. The fourth-order valence-corrected chi connectivity index (χ4v) is 3.95. The summed E-state index contributed by atoms with van der Waals surface area (Å²) in [5.41, 5.74) is 0.466. The summed E-state index contributed by atoms with van der Waals surface area (Å²) in [5, 5.41) is 33.6. The van der Waals surface area contributed by atoms with Crippen LogP contribution in [0.25, 0.3) is 0 Å². The third-order valence-corrected chi connectivity index (χ3v) is 5.69. The lowest BCUT2D eigenvalue weighted by Crippen LogP contribution is -2.47. The average molecular weight is 507 g/mol. The van der Waals surface area contributed by atoms with Crippen molar-refractivity contribution in [2.75, 3.05) is 26.0 Å². The fourth-order valence-electron chi connectivity index (χ4n) is 3.21. The summed E-state index contributed by atoms with van der Waals surface area (Å²) < 4.78 is 47.4. The molecule has 1 aromatic rings. The molecule has 2 rings (SSSR count). The Morgan fingerprint density at radius 1 is 1.29 bits per heavy atom. The van der Waals surface area contributed by atoms with E-state index < -0.39 is 52.3 Å². The van der Waals surface area contributed by atoms with E-state index >= 15 is 0 Å². The van der Waals surface area contributed by atoms with Gasteiger partial charge in [0.2, 0.25) is 12.2 Å². The van der Waals surface area contributed by atoms with Gasteiger partial charge in [-0.3, -0.25) is 9.35 Å². The molecule has 0 aromatic heterocycles. The summed E-state index contributed by atoms with van der Waals surface area (Å²) in [5.74, 6) is -1.96. The van der Waals surface area contributed by atoms with Gasteiger partial charge in [0.25, 0.3) is 10.1 Å². The van der Waals surface area contributed by atoms with Crippen molar-refractivity contribution in [2.24, 2.45) is 0 Å². The van der Waals surface area contributed by atoms with E-state index in [1.807, 2.05) is 0 Å².